The SMILES string of the molecule is Br.Brc1cccc2c1ccc1ccccc12.C.C.C.CCO.NN.Nc1ccc2c(ccc3ccccc32)c1.Nc1ccc2c(ccc3ccccc32)c1Br.O=N[O-].O=PO.O=[N+]([O-])c1ccc2c(c1)CCc1ccccc1-2.O=[N+]([O-])c1ccc2c(ccc3ccccc32)c1.[2H][2H].[CH3-].[Na+].[Pd]. The van der Waals surface area contributed by atoms with Crippen molar-refractivity contribution in [3.63, 3.8) is 0 Å². The van der Waals surface area contributed by atoms with Crippen molar-refractivity contribution in [2.75, 3.05) is 18.1 Å². The minimum atomic E-state index is -0.833. The van der Waals surface area contributed by atoms with Gasteiger partial charge in [-0.25, -0.2) is 4.57 Å². The Kier molecular flexibility index (Phi) is 40.9. The number of rotatable bonds is 2. The van der Waals surface area contributed by atoms with Crippen molar-refractivity contribution < 1.29 is 77.4 Å². The third-order valence-corrected chi connectivity index (χ3v) is 16.2. The van der Waals surface area contributed by atoms with Gasteiger partial charge in [0, 0.05) is 74.6 Å². The van der Waals surface area contributed by atoms with Crippen LogP contribution in [0, 0.1) is 37.8 Å². The number of halogens is 3. The number of aliphatic hydroxyl groups excluding tert-OH is 1. The topological polar surface area (TPSA) is 300 Å². The summed E-state index contributed by atoms with van der Waals surface area (Å²) in [6, 6.07) is 84.8. The van der Waals surface area contributed by atoms with Crippen LogP contribution in [0.15, 0.2) is 269 Å². The van der Waals surface area contributed by atoms with Crippen molar-refractivity contribution in [3.8, 4) is 11.1 Å². The maximum atomic E-state index is 10.7. The third kappa shape index (κ3) is 23.0. The van der Waals surface area contributed by atoms with Crippen molar-refractivity contribution in [3.05, 3.63) is 313 Å². The average molecular weight is 1640 g/mol. The van der Waals surface area contributed by atoms with Gasteiger partial charge in [0.05, 0.1) is 9.85 Å². The van der Waals surface area contributed by atoms with Gasteiger partial charge in [-0.2, -0.15) is 0 Å². The molecule has 0 heterocycles. The number of aliphatic hydroxyl groups is 1. The summed E-state index contributed by atoms with van der Waals surface area (Å²) in [6.45, 7) is 1.93. The van der Waals surface area contributed by atoms with E-state index in [1.807, 2.05) is 78.9 Å². The Balaban J connectivity index is 0. The van der Waals surface area contributed by atoms with Crippen LogP contribution in [0.3, 0.4) is 0 Å². The van der Waals surface area contributed by atoms with Crippen LogP contribution in [0.1, 0.15) is 43.3 Å². The predicted octanol–water partition coefficient (Wildman–Crippen LogP) is 19.4. The van der Waals surface area contributed by atoms with Crippen molar-refractivity contribution >= 4 is 166 Å². The standard InChI is InChI=1S/C14H10BrN.C14H9Br.C14H11NO2.C14H9NO2.C14H11N.C2H6O.3CH4.CH3.BrH.H4N2.HNO2.Na.HO2P.Pd.H2/c15-14-12-6-5-9-3-1-2-4-10(9)11(12)7-8-13(14)16;15-14-7-3-6-12-11-5-2-1-4-10(11)8-9-13(12)14;2*16-15(17)12-7-8-14-11(9-12)6-5-10-3-1-2-4-13(10)14;15-12-7-8-14-11(9-12)6-5-10-3-1-2-4-13(10)14;1-2-3;;;;;;1-2;2-1-3;;1-3-2;;/h1-8H,16H2;1-9H;1-4,7-9H,5-6H2;1-9H;1-9H,15H2;3H,2H2,1H3;3*1H4;1H3;1H;1-2H2;(H,2,3);;(H,1,2);;1H/q;;;;;;;;;-1;;;;+1;;;/p-1/i;;;;;;;;;;;;;;;;1+1D. The molecule has 22 heteroatoms. The van der Waals surface area contributed by atoms with Gasteiger partial charge in [-0.15, -0.1) is 22.3 Å². The second-order valence-electron chi connectivity index (χ2n) is 19.9. The van der Waals surface area contributed by atoms with Gasteiger partial charge in [0.25, 0.3) is 11.4 Å². The maximum absolute atomic E-state index is 10.7. The summed E-state index contributed by atoms with van der Waals surface area (Å²) in [5.74, 6) is 8.00. The molecule has 14 aromatic carbocycles. The predicted molar refractivity (Wildman–Crippen MR) is 422 cm³/mol. The molecule has 1 aliphatic carbocycles. The number of nitrogens with zero attached hydrogens (tertiary/aromatic N) is 3. The van der Waals surface area contributed by atoms with E-state index >= 15 is 0 Å². The zero-order valence-corrected chi connectivity index (χ0v) is 61.0. The number of nitrogens with two attached hydrogens (primary N) is 4. The second kappa shape index (κ2) is 45.6. The second-order valence-corrected chi connectivity index (χ2v) is 21.7. The van der Waals surface area contributed by atoms with Crippen LogP contribution < -0.4 is 52.7 Å². The molecule has 1 aliphatic rings. The fourth-order valence-corrected chi connectivity index (χ4v) is 11.6. The summed E-state index contributed by atoms with van der Waals surface area (Å²) in [7, 11) is -0.833. The van der Waals surface area contributed by atoms with Gasteiger partial charge < -0.3 is 39.0 Å². The molecule has 0 aromatic heterocycles. The Morgan fingerprint density at radius 2 is 0.816 bits per heavy atom. The minimum absolute atomic E-state index is 0. The molecule has 0 amide bonds. The number of benzene rings is 14. The van der Waals surface area contributed by atoms with Crippen LogP contribution in [0.2, 0.25) is 0 Å². The largest absolute Gasteiger partial charge is 1.00 e. The van der Waals surface area contributed by atoms with E-state index < -0.39 is 8.69 Å². The van der Waals surface area contributed by atoms with Gasteiger partial charge in [-0.3, -0.25) is 31.9 Å². The molecule has 0 saturated carbocycles. The first-order chi connectivity index (χ1) is 45.2. The minimum Gasteiger partial charge on any atom is -0.444 e. The van der Waals surface area contributed by atoms with Gasteiger partial charge in [0.2, 0.25) is 0 Å². The molecule has 98 heavy (non-hydrogen) atoms. The van der Waals surface area contributed by atoms with Crippen LogP contribution in [-0.4, -0.2) is 26.5 Å². The number of aryl methyl sites for hydroxylation is 2. The molecule has 14 aromatic rings. The zero-order valence-electron chi connectivity index (χ0n) is 53.7. The molecule has 15 rings (SSSR count). The number of nitro benzene ring substituents is 2. The molecule has 0 spiro atoms. The molecule has 510 valence electrons. The van der Waals surface area contributed by atoms with Crippen LogP contribution in [0.5, 0.6) is 0 Å². The van der Waals surface area contributed by atoms with E-state index in [9.17, 15) is 20.2 Å². The summed E-state index contributed by atoms with van der Waals surface area (Å²) >= 11 is 7.12. The Bertz CT molecular complexity index is 4900. The van der Waals surface area contributed by atoms with Crippen LogP contribution in [0.25, 0.3) is 97.3 Å². The molecule has 0 unspecified atom stereocenters. The average Bonchev–Trinajstić information content (AvgIpc) is 0.839. The van der Waals surface area contributed by atoms with E-state index in [2.05, 4.69) is 195 Å². The molecule has 0 radical (unpaired) electrons. The van der Waals surface area contributed by atoms with E-state index in [-0.39, 0.29) is 124 Å². The number of hydrogen-bond donors (Lipinski definition) is 6. The first-order valence-electron chi connectivity index (χ1n) is 29.1. The van der Waals surface area contributed by atoms with E-state index in [1.165, 1.54) is 75.8 Å². The molecule has 16 nitrogen and oxygen atoms in total. The van der Waals surface area contributed by atoms with Gasteiger partial charge in [-0.1, -0.05) is 232 Å². The summed E-state index contributed by atoms with van der Waals surface area (Å²) in [5, 5.41) is 57.4. The monoisotopic (exact) mass is 1630 g/mol. The molecule has 0 fully saturated rings. The van der Waals surface area contributed by atoms with Crippen LogP contribution in [0.4, 0.5) is 22.7 Å². The number of anilines is 2. The van der Waals surface area contributed by atoms with Gasteiger partial charge in [0.1, 0.15) is 0 Å². The normalized spacial score (nSPS) is 9.91. The molecule has 0 aliphatic heterocycles. The van der Waals surface area contributed by atoms with Gasteiger partial charge in [0.15, 0.2) is 0 Å². The zero-order chi connectivity index (χ0) is 67.4. The fourth-order valence-electron chi connectivity index (χ4n) is 10.6. The summed E-state index contributed by atoms with van der Waals surface area (Å²) in [6.07, 6.45) is 1.85. The van der Waals surface area contributed by atoms with Crippen molar-refractivity contribution in [2.45, 2.75) is 42.0 Å². The summed E-state index contributed by atoms with van der Waals surface area (Å²) < 4.78 is 20.6. The first-order valence-corrected chi connectivity index (χ1v) is 30.4. The van der Waals surface area contributed by atoms with Crippen LogP contribution in [-0.2, 0) is 37.8 Å². The van der Waals surface area contributed by atoms with Gasteiger partial charge in [-0.05, 0) is 181 Å². The Morgan fingerprint density at radius 1 is 0.490 bits per heavy atom. The summed E-state index contributed by atoms with van der Waals surface area (Å²) in [4.78, 5) is 35.7. The van der Waals surface area contributed by atoms with Crippen molar-refractivity contribution in [2.24, 2.45) is 17.0 Å². The maximum Gasteiger partial charge on any atom is 1.00 e. The Morgan fingerprint density at radius 3 is 1.32 bits per heavy atom. The van der Waals surface area contributed by atoms with Gasteiger partial charge >= 0.3 is 38.2 Å². The number of hydrazine groups is 1. The first kappa shape index (κ1) is 88.0. The Labute approximate surface area is 639 Å². The quantitative estimate of drug-likeness (QED) is 0.0108. The number of fused-ring (bicyclic) bond motifs is 15. The smallest absolute Gasteiger partial charge is 0.444 e. The fraction of sp³-hybridized carbons (Fsp3) is 0.0921. The van der Waals surface area contributed by atoms with E-state index in [1.54, 1.807) is 31.2 Å². The van der Waals surface area contributed by atoms with E-state index in [4.69, 9.17) is 39.1 Å². The molecule has 0 bridgehead atoms. The molecular formula is C76H79Br3N7NaO9PPd-. The molecule has 10 N–H and O–H groups in total. The Hall–Kier alpha value is -8.00. The van der Waals surface area contributed by atoms with Crippen LogP contribution >= 0.6 is 57.5 Å². The number of hydrogen-bond acceptors (Lipinski definition) is 13. The number of non-ortho nitro benzene ring substituents is 2. The van der Waals surface area contributed by atoms with Crippen molar-refractivity contribution in [1.82, 2.24) is 0 Å². The van der Waals surface area contributed by atoms with Crippen molar-refractivity contribution in [1.29, 1.82) is 0 Å². The summed E-state index contributed by atoms with van der Waals surface area (Å²) in [5.41, 5.74) is 18.3. The van der Waals surface area contributed by atoms with E-state index in [0.29, 0.717) is 0 Å². The third-order valence-electron chi connectivity index (χ3n) is 14.6. The number of nitrogen functional groups attached to an aromatic ring is 2. The molecule has 0 saturated heterocycles. The molecular weight excluding hydrogens is 1550 g/mol. The van der Waals surface area contributed by atoms with E-state index in [0.717, 1.165) is 71.2 Å². The molecule has 0 atom stereocenters. The number of nitro groups is 2.